The molecule has 0 aliphatic heterocycles. The third-order valence-electron chi connectivity index (χ3n) is 2.96. The Labute approximate surface area is 127 Å². The van der Waals surface area contributed by atoms with E-state index in [1.165, 1.54) is 14.2 Å². The summed E-state index contributed by atoms with van der Waals surface area (Å²) in [6.45, 7) is 0.159. The topological polar surface area (TPSA) is 77.6 Å². The van der Waals surface area contributed by atoms with Gasteiger partial charge in [-0.05, 0) is 25.0 Å². The van der Waals surface area contributed by atoms with Crippen LogP contribution >= 0.6 is 11.6 Å². The molecule has 2 rings (SSSR count). The number of rotatable bonds is 7. The highest BCUT2D eigenvalue weighted by molar-refractivity contribution is 6.32. The van der Waals surface area contributed by atoms with E-state index in [1.54, 1.807) is 12.1 Å². The molecule has 0 saturated carbocycles. The molecule has 6 nitrogen and oxygen atoms in total. The molecule has 1 N–H and O–H groups in total. The van der Waals surface area contributed by atoms with Crippen molar-refractivity contribution in [2.24, 2.45) is 0 Å². The minimum atomic E-state index is 0.159. The zero-order valence-corrected chi connectivity index (χ0v) is 12.7. The predicted molar refractivity (Wildman–Crippen MR) is 77.9 cm³/mol. The zero-order chi connectivity index (χ0) is 15.2. The monoisotopic (exact) mass is 312 g/mol. The number of aryl methyl sites for hydroxylation is 1. The van der Waals surface area contributed by atoms with Crippen LogP contribution in [0.15, 0.2) is 16.7 Å². The summed E-state index contributed by atoms with van der Waals surface area (Å²) in [7, 11) is 3.06. The highest BCUT2D eigenvalue weighted by Crippen LogP contribution is 2.38. The molecule has 114 valence electrons. The van der Waals surface area contributed by atoms with E-state index in [1.807, 2.05) is 0 Å². The normalized spacial score (nSPS) is 10.7. The number of halogens is 1. The van der Waals surface area contributed by atoms with E-state index >= 15 is 0 Å². The van der Waals surface area contributed by atoms with Crippen molar-refractivity contribution >= 4 is 11.6 Å². The van der Waals surface area contributed by atoms with Crippen LogP contribution in [0.5, 0.6) is 11.5 Å². The van der Waals surface area contributed by atoms with Gasteiger partial charge in [-0.25, -0.2) is 0 Å². The predicted octanol–water partition coefficient (Wildman–Crippen LogP) is 2.72. The number of benzene rings is 1. The van der Waals surface area contributed by atoms with E-state index in [-0.39, 0.29) is 6.61 Å². The third-order valence-corrected chi connectivity index (χ3v) is 3.24. The number of aliphatic hydroxyl groups excluding tert-OH is 1. The highest BCUT2D eigenvalue weighted by atomic mass is 35.5. The highest BCUT2D eigenvalue weighted by Gasteiger charge is 2.15. The minimum Gasteiger partial charge on any atom is -0.493 e. The maximum absolute atomic E-state index is 8.76. The lowest BCUT2D eigenvalue weighted by Crippen LogP contribution is -1.93. The third kappa shape index (κ3) is 3.65. The van der Waals surface area contributed by atoms with Crippen LogP contribution in [0.25, 0.3) is 11.4 Å². The Balaban J connectivity index is 2.24. The molecular weight excluding hydrogens is 296 g/mol. The smallest absolute Gasteiger partial charge is 0.226 e. The van der Waals surface area contributed by atoms with Crippen LogP contribution in [0.4, 0.5) is 0 Å². The molecule has 0 radical (unpaired) electrons. The molecule has 0 bridgehead atoms. The van der Waals surface area contributed by atoms with Crippen LogP contribution in [-0.2, 0) is 6.42 Å². The van der Waals surface area contributed by atoms with E-state index < -0.39 is 0 Å². The SMILES string of the molecule is COc1cc(-c2noc(CCCCO)n2)cc(Cl)c1OC. The lowest BCUT2D eigenvalue weighted by atomic mass is 10.2. The van der Waals surface area contributed by atoms with Crippen molar-refractivity contribution in [3.8, 4) is 22.9 Å². The molecule has 1 aromatic heterocycles. The Bertz CT molecular complexity index is 601. The summed E-state index contributed by atoms with van der Waals surface area (Å²) in [5.74, 6) is 1.95. The fourth-order valence-corrected chi connectivity index (χ4v) is 2.20. The molecule has 1 heterocycles. The van der Waals surface area contributed by atoms with Crippen molar-refractivity contribution in [2.75, 3.05) is 20.8 Å². The summed E-state index contributed by atoms with van der Waals surface area (Å²) >= 11 is 6.15. The van der Waals surface area contributed by atoms with Gasteiger partial charge in [0.1, 0.15) is 0 Å². The molecule has 0 fully saturated rings. The fraction of sp³-hybridized carbons (Fsp3) is 0.429. The van der Waals surface area contributed by atoms with E-state index in [0.717, 1.165) is 6.42 Å². The summed E-state index contributed by atoms with van der Waals surface area (Å²) in [5.41, 5.74) is 0.690. The molecule has 0 amide bonds. The maximum atomic E-state index is 8.76. The van der Waals surface area contributed by atoms with Gasteiger partial charge in [0, 0.05) is 18.6 Å². The average molecular weight is 313 g/mol. The van der Waals surface area contributed by atoms with Crippen LogP contribution in [-0.4, -0.2) is 36.1 Å². The van der Waals surface area contributed by atoms with E-state index in [9.17, 15) is 0 Å². The average Bonchev–Trinajstić information content (AvgIpc) is 2.95. The number of hydrogen-bond donors (Lipinski definition) is 1. The molecule has 0 atom stereocenters. The summed E-state index contributed by atoms with van der Waals surface area (Å²) in [5, 5.41) is 13.1. The van der Waals surface area contributed by atoms with E-state index in [2.05, 4.69) is 10.1 Å². The van der Waals surface area contributed by atoms with Gasteiger partial charge in [0.15, 0.2) is 11.5 Å². The van der Waals surface area contributed by atoms with Crippen molar-refractivity contribution < 1.29 is 19.1 Å². The summed E-state index contributed by atoms with van der Waals surface area (Å²) in [6, 6.07) is 3.44. The van der Waals surface area contributed by atoms with Crippen LogP contribution < -0.4 is 9.47 Å². The first-order valence-electron chi connectivity index (χ1n) is 6.55. The van der Waals surface area contributed by atoms with Gasteiger partial charge in [-0.2, -0.15) is 4.98 Å². The van der Waals surface area contributed by atoms with Crippen molar-refractivity contribution in [1.29, 1.82) is 0 Å². The Hall–Kier alpha value is -1.79. The minimum absolute atomic E-state index is 0.159. The van der Waals surface area contributed by atoms with Gasteiger partial charge in [-0.15, -0.1) is 0 Å². The molecule has 0 spiro atoms. The lowest BCUT2D eigenvalue weighted by molar-refractivity contribution is 0.281. The van der Waals surface area contributed by atoms with Crippen molar-refractivity contribution in [1.82, 2.24) is 10.1 Å². The quantitative estimate of drug-likeness (QED) is 0.792. The van der Waals surface area contributed by atoms with Gasteiger partial charge in [0.2, 0.25) is 11.7 Å². The van der Waals surface area contributed by atoms with Gasteiger partial charge in [0.25, 0.3) is 0 Å². The van der Waals surface area contributed by atoms with Gasteiger partial charge in [-0.3, -0.25) is 0 Å². The number of nitrogens with zero attached hydrogens (tertiary/aromatic N) is 2. The second-order valence-corrected chi connectivity index (χ2v) is 4.79. The summed E-state index contributed by atoms with van der Waals surface area (Å²) < 4.78 is 15.6. The zero-order valence-electron chi connectivity index (χ0n) is 11.9. The first-order chi connectivity index (χ1) is 10.2. The van der Waals surface area contributed by atoms with E-state index in [4.69, 9.17) is 30.7 Å². The second kappa shape index (κ2) is 7.28. The van der Waals surface area contributed by atoms with Gasteiger partial charge in [-0.1, -0.05) is 16.8 Å². The van der Waals surface area contributed by atoms with Crippen LogP contribution in [0.2, 0.25) is 5.02 Å². The Kier molecular flexibility index (Phi) is 5.41. The Morgan fingerprint density at radius 1 is 1.24 bits per heavy atom. The number of aliphatic hydroxyl groups is 1. The molecular formula is C14H17ClN2O4. The molecule has 0 aliphatic carbocycles. The molecule has 0 saturated heterocycles. The van der Waals surface area contributed by atoms with Crippen LogP contribution in [0.3, 0.4) is 0 Å². The fourth-order valence-electron chi connectivity index (χ4n) is 1.91. The first-order valence-corrected chi connectivity index (χ1v) is 6.92. The largest absolute Gasteiger partial charge is 0.493 e. The number of aromatic nitrogens is 2. The Morgan fingerprint density at radius 2 is 2.05 bits per heavy atom. The first kappa shape index (κ1) is 15.6. The number of ether oxygens (including phenoxy) is 2. The molecule has 0 unspecified atom stereocenters. The van der Waals surface area contributed by atoms with Crippen LogP contribution in [0.1, 0.15) is 18.7 Å². The van der Waals surface area contributed by atoms with Gasteiger partial charge in [0.05, 0.1) is 19.2 Å². The molecule has 0 aliphatic rings. The number of methoxy groups -OCH3 is 2. The number of hydrogen-bond acceptors (Lipinski definition) is 6. The standard InChI is InChI=1S/C14H17ClN2O4/c1-19-11-8-9(7-10(15)13(11)20-2)14-16-12(21-17-14)5-3-4-6-18/h7-8,18H,3-6H2,1-2H3. The maximum Gasteiger partial charge on any atom is 0.226 e. The van der Waals surface area contributed by atoms with Crippen LogP contribution in [0, 0.1) is 0 Å². The Morgan fingerprint density at radius 3 is 2.71 bits per heavy atom. The molecule has 7 heteroatoms. The van der Waals surface area contributed by atoms with Crippen molar-refractivity contribution in [3.63, 3.8) is 0 Å². The van der Waals surface area contributed by atoms with Crippen molar-refractivity contribution in [2.45, 2.75) is 19.3 Å². The summed E-state index contributed by atoms with van der Waals surface area (Å²) in [4.78, 5) is 4.31. The van der Waals surface area contributed by atoms with Gasteiger partial charge < -0.3 is 19.1 Å². The second-order valence-electron chi connectivity index (χ2n) is 4.39. The lowest BCUT2D eigenvalue weighted by Gasteiger charge is -2.10. The molecule has 1 aromatic carbocycles. The van der Waals surface area contributed by atoms with Gasteiger partial charge >= 0.3 is 0 Å². The molecule has 21 heavy (non-hydrogen) atoms. The van der Waals surface area contributed by atoms with E-state index in [0.29, 0.717) is 46.6 Å². The molecule has 2 aromatic rings. The number of unbranched alkanes of at least 4 members (excludes halogenated alkanes) is 1. The summed E-state index contributed by atoms with van der Waals surface area (Å²) in [6.07, 6.45) is 2.14. The van der Waals surface area contributed by atoms with Crippen molar-refractivity contribution in [3.05, 3.63) is 23.0 Å².